The summed E-state index contributed by atoms with van der Waals surface area (Å²) in [6, 6.07) is 7.42. The molecule has 0 spiro atoms. The van der Waals surface area contributed by atoms with E-state index in [2.05, 4.69) is 16.5 Å². The third kappa shape index (κ3) is 3.15. The molecule has 2 aromatic rings. The van der Waals surface area contributed by atoms with Crippen LogP contribution in [0.4, 0.5) is 0 Å². The molecule has 0 fully saturated rings. The summed E-state index contributed by atoms with van der Waals surface area (Å²) >= 11 is 0. The number of aromatic nitrogens is 2. The smallest absolute Gasteiger partial charge is 0.205 e. The maximum absolute atomic E-state index is 12.7. The summed E-state index contributed by atoms with van der Waals surface area (Å²) < 4.78 is 2.12. The van der Waals surface area contributed by atoms with E-state index >= 15 is 0 Å². The minimum Gasteiger partial charge on any atom is -0.348 e. The average molecular weight is 293 g/mol. The molecule has 2 aromatic heterocycles. The van der Waals surface area contributed by atoms with Crippen molar-refractivity contribution >= 4 is 11.9 Å². The third-order valence-electron chi connectivity index (χ3n) is 3.65. The summed E-state index contributed by atoms with van der Waals surface area (Å²) in [6.45, 7) is 6.89. The molecule has 0 radical (unpaired) electrons. The molecule has 2 heterocycles. The molecule has 0 saturated carbocycles. The molecule has 0 aliphatic rings. The Labute approximate surface area is 130 Å². The first kappa shape index (κ1) is 15.7. The van der Waals surface area contributed by atoms with E-state index in [1.54, 1.807) is 30.6 Å². The van der Waals surface area contributed by atoms with Crippen molar-refractivity contribution in [2.24, 2.45) is 0 Å². The third-order valence-corrected chi connectivity index (χ3v) is 3.65. The van der Waals surface area contributed by atoms with Crippen LogP contribution in [0.3, 0.4) is 0 Å². The largest absolute Gasteiger partial charge is 0.348 e. The first-order valence-electron chi connectivity index (χ1n) is 7.31. The molecule has 2 rings (SSSR count). The second-order valence-electron chi connectivity index (χ2n) is 5.22. The topological polar surface area (TPSA) is 58.7 Å². The van der Waals surface area contributed by atoms with Crippen molar-refractivity contribution < 1.29 is 4.79 Å². The minimum atomic E-state index is -0.227. The molecule has 4 heteroatoms. The van der Waals surface area contributed by atoms with Crippen molar-refractivity contribution in [1.82, 2.24) is 9.55 Å². The molecule has 0 aliphatic heterocycles. The zero-order valence-electron chi connectivity index (χ0n) is 13.1. The number of nitriles is 1. The van der Waals surface area contributed by atoms with Crippen LogP contribution < -0.4 is 0 Å². The minimum absolute atomic E-state index is 0.142. The van der Waals surface area contributed by atoms with Crippen molar-refractivity contribution in [3.8, 4) is 6.07 Å². The van der Waals surface area contributed by atoms with Gasteiger partial charge in [-0.3, -0.25) is 9.78 Å². The quantitative estimate of drug-likeness (QED) is 0.480. The number of pyridine rings is 1. The second-order valence-corrected chi connectivity index (χ2v) is 5.22. The van der Waals surface area contributed by atoms with Gasteiger partial charge in [0.05, 0.1) is 0 Å². The van der Waals surface area contributed by atoms with Crippen LogP contribution in [0.25, 0.3) is 6.08 Å². The number of allylic oxidation sites excluding steroid dienone is 1. The van der Waals surface area contributed by atoms with Gasteiger partial charge in [0.15, 0.2) is 0 Å². The van der Waals surface area contributed by atoms with E-state index in [-0.39, 0.29) is 11.4 Å². The average Bonchev–Trinajstić information content (AvgIpc) is 2.81. The van der Waals surface area contributed by atoms with E-state index in [0.29, 0.717) is 5.56 Å². The van der Waals surface area contributed by atoms with Crippen LogP contribution in [-0.4, -0.2) is 15.3 Å². The highest BCUT2D eigenvalue weighted by atomic mass is 16.1. The molecule has 0 amide bonds. The summed E-state index contributed by atoms with van der Waals surface area (Å²) in [5.41, 5.74) is 3.50. The number of carbonyl (C=O) groups is 1. The molecule has 4 nitrogen and oxygen atoms in total. The Morgan fingerprint density at radius 3 is 2.64 bits per heavy atom. The van der Waals surface area contributed by atoms with Crippen molar-refractivity contribution in [2.45, 2.75) is 33.7 Å². The molecule has 0 aliphatic carbocycles. The van der Waals surface area contributed by atoms with E-state index < -0.39 is 0 Å². The predicted molar refractivity (Wildman–Crippen MR) is 86.4 cm³/mol. The van der Waals surface area contributed by atoms with Crippen molar-refractivity contribution in [3.05, 3.63) is 58.7 Å². The van der Waals surface area contributed by atoms with Crippen LogP contribution >= 0.6 is 0 Å². The lowest BCUT2D eigenvalue weighted by Gasteiger charge is -2.07. The van der Waals surface area contributed by atoms with E-state index in [9.17, 15) is 10.1 Å². The molecule has 0 aromatic carbocycles. The van der Waals surface area contributed by atoms with Crippen LogP contribution in [0.1, 0.15) is 40.7 Å². The monoisotopic (exact) mass is 293 g/mol. The highest BCUT2D eigenvalue weighted by Crippen LogP contribution is 2.20. The van der Waals surface area contributed by atoms with Gasteiger partial charge in [-0.2, -0.15) is 5.26 Å². The molecule has 0 unspecified atom stereocenters. The Morgan fingerprint density at radius 2 is 2.05 bits per heavy atom. The van der Waals surface area contributed by atoms with E-state index in [1.165, 1.54) is 0 Å². The maximum Gasteiger partial charge on any atom is 0.205 e. The highest BCUT2D eigenvalue weighted by Gasteiger charge is 2.18. The summed E-state index contributed by atoms with van der Waals surface area (Å²) in [7, 11) is 0. The lowest BCUT2D eigenvalue weighted by Crippen LogP contribution is -2.06. The zero-order chi connectivity index (χ0) is 16.1. The molecule has 0 bridgehead atoms. The van der Waals surface area contributed by atoms with E-state index in [1.807, 2.05) is 26.0 Å². The van der Waals surface area contributed by atoms with Gasteiger partial charge in [-0.15, -0.1) is 0 Å². The lowest BCUT2D eigenvalue weighted by atomic mass is 10.0. The number of carbonyl (C=O) groups excluding carboxylic acids is 1. The van der Waals surface area contributed by atoms with Gasteiger partial charge < -0.3 is 4.57 Å². The van der Waals surface area contributed by atoms with Gasteiger partial charge in [0.1, 0.15) is 11.6 Å². The van der Waals surface area contributed by atoms with Crippen molar-refractivity contribution in [2.75, 3.05) is 0 Å². The fraction of sp³-hybridized carbons (Fsp3) is 0.278. The SMILES string of the molecule is CCCn1c(C)cc(C(=O)/C(C#N)=C/c2ccncc2)c1C. The number of hydrogen-bond acceptors (Lipinski definition) is 3. The van der Waals surface area contributed by atoms with E-state index in [0.717, 1.165) is 29.9 Å². The van der Waals surface area contributed by atoms with Crippen molar-refractivity contribution in [3.63, 3.8) is 0 Å². The molecule has 0 atom stereocenters. The number of ketones is 1. The van der Waals surface area contributed by atoms with Crippen LogP contribution in [0.2, 0.25) is 0 Å². The summed E-state index contributed by atoms with van der Waals surface area (Å²) in [5.74, 6) is -0.227. The summed E-state index contributed by atoms with van der Waals surface area (Å²) in [5, 5.41) is 9.33. The van der Waals surface area contributed by atoms with Gasteiger partial charge in [0.2, 0.25) is 5.78 Å². The van der Waals surface area contributed by atoms with Gasteiger partial charge in [-0.25, -0.2) is 0 Å². The Morgan fingerprint density at radius 1 is 1.36 bits per heavy atom. The molecule has 0 saturated heterocycles. The van der Waals surface area contributed by atoms with Gasteiger partial charge in [0.25, 0.3) is 0 Å². The van der Waals surface area contributed by atoms with Crippen LogP contribution in [-0.2, 0) is 6.54 Å². The summed E-state index contributed by atoms with van der Waals surface area (Å²) in [4.78, 5) is 16.6. The van der Waals surface area contributed by atoms with Gasteiger partial charge >= 0.3 is 0 Å². The first-order valence-corrected chi connectivity index (χ1v) is 7.31. The Bertz CT molecular complexity index is 749. The number of Topliss-reactive ketones (excluding diaryl/α,β-unsaturated/α-hetero) is 1. The normalized spacial score (nSPS) is 11.3. The molecule has 0 N–H and O–H groups in total. The fourth-order valence-electron chi connectivity index (χ4n) is 2.52. The zero-order valence-corrected chi connectivity index (χ0v) is 13.1. The van der Waals surface area contributed by atoms with E-state index in [4.69, 9.17) is 0 Å². The Balaban J connectivity index is 2.40. The Hall–Kier alpha value is -2.67. The number of nitrogens with zero attached hydrogens (tertiary/aromatic N) is 3. The van der Waals surface area contributed by atoms with Gasteiger partial charge in [0, 0.05) is 35.9 Å². The maximum atomic E-state index is 12.7. The van der Waals surface area contributed by atoms with Crippen LogP contribution in [0, 0.1) is 25.2 Å². The molecular formula is C18H19N3O. The van der Waals surface area contributed by atoms with Gasteiger partial charge in [-0.05, 0) is 50.1 Å². The predicted octanol–water partition coefficient (Wildman–Crippen LogP) is 3.70. The summed E-state index contributed by atoms with van der Waals surface area (Å²) in [6.07, 6.45) is 5.88. The van der Waals surface area contributed by atoms with Gasteiger partial charge in [-0.1, -0.05) is 6.92 Å². The van der Waals surface area contributed by atoms with Crippen LogP contribution in [0.15, 0.2) is 36.2 Å². The fourth-order valence-corrected chi connectivity index (χ4v) is 2.52. The molecule has 112 valence electrons. The molecular weight excluding hydrogens is 274 g/mol. The van der Waals surface area contributed by atoms with Crippen LogP contribution in [0.5, 0.6) is 0 Å². The molecule has 22 heavy (non-hydrogen) atoms. The first-order chi connectivity index (χ1) is 10.6. The second kappa shape index (κ2) is 6.86. The standard InChI is InChI=1S/C18H19N3O/c1-4-9-21-13(2)10-17(14(21)3)18(22)16(12-19)11-15-5-7-20-8-6-15/h5-8,10-11H,4,9H2,1-3H3/b16-11+. The number of hydrogen-bond donors (Lipinski definition) is 0. The number of rotatable bonds is 5. The Kier molecular flexibility index (Phi) is 4.90. The highest BCUT2D eigenvalue weighted by molar-refractivity contribution is 6.14. The van der Waals surface area contributed by atoms with Crippen molar-refractivity contribution in [1.29, 1.82) is 5.26 Å². The number of aryl methyl sites for hydroxylation is 1. The lowest BCUT2D eigenvalue weighted by molar-refractivity contribution is 0.103.